The summed E-state index contributed by atoms with van der Waals surface area (Å²) in [5.41, 5.74) is 3.78. The number of nitrogens with one attached hydrogen (secondary N) is 1. The van der Waals surface area contributed by atoms with E-state index < -0.39 is 5.63 Å². The highest BCUT2D eigenvalue weighted by Gasteiger charge is 2.17. The van der Waals surface area contributed by atoms with Crippen LogP contribution in [0.15, 0.2) is 62.5 Å². The second kappa shape index (κ2) is 8.05. The zero-order valence-corrected chi connectivity index (χ0v) is 18.5. The number of furan rings is 1. The van der Waals surface area contributed by atoms with Crippen molar-refractivity contribution in [3.63, 3.8) is 0 Å². The molecule has 1 aromatic carbocycles. The molecular formula is C25H22N4O4. The van der Waals surface area contributed by atoms with Gasteiger partial charge in [-0.3, -0.25) is 4.79 Å². The maximum absolute atomic E-state index is 12.7. The molecule has 0 atom stereocenters. The lowest BCUT2D eigenvalue weighted by Crippen LogP contribution is -2.18. The topological polar surface area (TPSA) is 103 Å². The van der Waals surface area contributed by atoms with Crippen LogP contribution in [-0.4, -0.2) is 20.7 Å². The molecule has 33 heavy (non-hydrogen) atoms. The minimum Gasteiger partial charge on any atom is -0.464 e. The molecule has 0 fully saturated rings. The van der Waals surface area contributed by atoms with E-state index in [2.05, 4.69) is 15.4 Å². The van der Waals surface area contributed by atoms with Crippen molar-refractivity contribution in [3.8, 4) is 5.82 Å². The molecule has 0 aliphatic rings. The molecule has 1 N–H and O–H groups in total. The Labute approximate surface area is 188 Å². The number of hydrogen-bond acceptors (Lipinski definition) is 6. The van der Waals surface area contributed by atoms with Gasteiger partial charge in [-0.25, -0.2) is 9.78 Å². The molecule has 4 heterocycles. The van der Waals surface area contributed by atoms with Gasteiger partial charge in [-0.15, -0.1) is 0 Å². The van der Waals surface area contributed by atoms with Crippen molar-refractivity contribution in [2.24, 2.45) is 0 Å². The minimum atomic E-state index is -0.440. The first-order chi connectivity index (χ1) is 15.9. The Morgan fingerprint density at radius 1 is 1.09 bits per heavy atom. The van der Waals surface area contributed by atoms with Gasteiger partial charge in [0.15, 0.2) is 5.82 Å². The number of amides is 1. The van der Waals surface area contributed by atoms with Crippen molar-refractivity contribution in [1.82, 2.24) is 14.8 Å². The Hall–Kier alpha value is -4.20. The average molecular weight is 442 g/mol. The third-order valence-electron chi connectivity index (χ3n) is 5.74. The highest BCUT2D eigenvalue weighted by molar-refractivity contribution is 5.96. The zero-order valence-electron chi connectivity index (χ0n) is 18.5. The molecule has 166 valence electrons. The molecule has 0 bridgehead atoms. The highest BCUT2D eigenvalue weighted by Crippen LogP contribution is 2.29. The average Bonchev–Trinajstić information content (AvgIpc) is 3.34. The first kappa shape index (κ1) is 20.7. The largest absolute Gasteiger partial charge is 0.464 e. The fourth-order valence-corrected chi connectivity index (χ4v) is 4.01. The number of aryl methyl sites for hydroxylation is 3. The molecule has 0 aliphatic carbocycles. The Balaban J connectivity index is 1.39. The molecule has 0 saturated heterocycles. The van der Waals surface area contributed by atoms with E-state index in [1.165, 1.54) is 0 Å². The molecule has 8 heteroatoms. The van der Waals surface area contributed by atoms with Crippen LogP contribution in [-0.2, 0) is 11.2 Å². The van der Waals surface area contributed by atoms with Crippen LogP contribution in [0.2, 0.25) is 0 Å². The van der Waals surface area contributed by atoms with Crippen molar-refractivity contribution < 1.29 is 13.6 Å². The van der Waals surface area contributed by atoms with Crippen LogP contribution >= 0.6 is 0 Å². The van der Waals surface area contributed by atoms with Gasteiger partial charge in [-0.05, 0) is 56.5 Å². The summed E-state index contributed by atoms with van der Waals surface area (Å²) in [4.78, 5) is 29.7. The first-order valence-electron chi connectivity index (χ1n) is 10.6. The molecule has 4 aromatic heterocycles. The van der Waals surface area contributed by atoms with E-state index in [1.54, 1.807) is 29.3 Å². The second-order valence-electron chi connectivity index (χ2n) is 8.08. The lowest BCUT2D eigenvalue weighted by atomic mass is 10.0. The van der Waals surface area contributed by atoms with Gasteiger partial charge in [0.05, 0.1) is 12.0 Å². The van der Waals surface area contributed by atoms with E-state index >= 15 is 0 Å². The van der Waals surface area contributed by atoms with Crippen molar-refractivity contribution in [1.29, 1.82) is 0 Å². The molecule has 0 radical (unpaired) electrons. The summed E-state index contributed by atoms with van der Waals surface area (Å²) in [6.07, 6.45) is 3.73. The van der Waals surface area contributed by atoms with Gasteiger partial charge < -0.3 is 14.2 Å². The summed E-state index contributed by atoms with van der Waals surface area (Å²) in [5.74, 6) is 0.899. The molecule has 5 aromatic rings. The number of carbonyl (C=O) groups excluding carboxylic acids is 1. The maximum atomic E-state index is 12.7. The summed E-state index contributed by atoms with van der Waals surface area (Å²) in [6.45, 7) is 5.69. The van der Waals surface area contributed by atoms with Crippen molar-refractivity contribution in [2.75, 3.05) is 5.32 Å². The van der Waals surface area contributed by atoms with E-state index in [9.17, 15) is 9.59 Å². The second-order valence-corrected chi connectivity index (χ2v) is 8.08. The zero-order chi connectivity index (χ0) is 23.1. The van der Waals surface area contributed by atoms with E-state index in [1.807, 2.05) is 45.0 Å². The maximum Gasteiger partial charge on any atom is 0.339 e. The van der Waals surface area contributed by atoms with Gasteiger partial charge in [-0.1, -0.05) is 6.07 Å². The Kier molecular flexibility index (Phi) is 5.05. The summed E-state index contributed by atoms with van der Waals surface area (Å²) in [6, 6.07) is 11.0. The lowest BCUT2D eigenvalue weighted by Gasteiger charge is -2.10. The predicted octanol–water partition coefficient (Wildman–Crippen LogP) is 4.62. The molecule has 0 aliphatic heterocycles. The number of nitrogens with zero attached hydrogens (tertiary/aromatic N) is 3. The van der Waals surface area contributed by atoms with Crippen LogP contribution in [0.3, 0.4) is 0 Å². The van der Waals surface area contributed by atoms with Crippen LogP contribution in [0, 0.1) is 20.8 Å². The molecule has 0 unspecified atom stereocenters. The number of benzene rings is 1. The van der Waals surface area contributed by atoms with Gasteiger partial charge in [0, 0.05) is 41.1 Å². The molecule has 0 saturated carbocycles. The van der Waals surface area contributed by atoms with E-state index in [0.29, 0.717) is 28.4 Å². The summed E-state index contributed by atoms with van der Waals surface area (Å²) < 4.78 is 12.7. The fourth-order valence-electron chi connectivity index (χ4n) is 4.01. The third kappa shape index (κ3) is 3.80. The van der Waals surface area contributed by atoms with Crippen LogP contribution in [0.1, 0.15) is 28.8 Å². The molecule has 0 spiro atoms. The van der Waals surface area contributed by atoms with Crippen molar-refractivity contribution >= 4 is 33.7 Å². The van der Waals surface area contributed by atoms with Gasteiger partial charge in [-0.2, -0.15) is 9.78 Å². The Bertz CT molecular complexity index is 1560. The number of anilines is 1. The van der Waals surface area contributed by atoms with Crippen molar-refractivity contribution in [3.05, 3.63) is 81.7 Å². The number of aromatic nitrogens is 3. The standard InChI is InChI=1S/C25H22N4O4/c1-14-13-32-20-12-21-19(11-18(14)20)16(3)17(25(31)33-21)7-8-24(30)27-23-10-15(2)28-29(23)22-6-4-5-9-26-22/h4-6,9-13H,7-8H2,1-3H3,(H,27,30). The molecule has 8 nitrogen and oxygen atoms in total. The van der Waals surface area contributed by atoms with Crippen LogP contribution < -0.4 is 10.9 Å². The highest BCUT2D eigenvalue weighted by atomic mass is 16.4. The Morgan fingerprint density at radius 2 is 1.94 bits per heavy atom. The van der Waals surface area contributed by atoms with Crippen molar-refractivity contribution in [2.45, 2.75) is 33.6 Å². The first-order valence-corrected chi connectivity index (χ1v) is 10.6. The quantitative estimate of drug-likeness (QED) is 0.399. The normalized spacial score (nSPS) is 11.4. The molecule has 5 rings (SSSR count). The van der Waals surface area contributed by atoms with Gasteiger partial charge in [0.1, 0.15) is 17.0 Å². The van der Waals surface area contributed by atoms with E-state index in [4.69, 9.17) is 8.83 Å². The predicted molar refractivity (Wildman–Crippen MR) is 125 cm³/mol. The lowest BCUT2D eigenvalue weighted by molar-refractivity contribution is -0.116. The number of hydrogen-bond donors (Lipinski definition) is 1. The number of carbonyl (C=O) groups is 1. The number of pyridine rings is 1. The monoisotopic (exact) mass is 442 g/mol. The van der Waals surface area contributed by atoms with E-state index in [0.717, 1.165) is 27.6 Å². The fraction of sp³-hybridized carbons (Fsp3) is 0.200. The Morgan fingerprint density at radius 3 is 2.73 bits per heavy atom. The van der Waals surface area contributed by atoms with Crippen LogP contribution in [0.25, 0.3) is 27.8 Å². The van der Waals surface area contributed by atoms with Gasteiger partial charge in [0.25, 0.3) is 0 Å². The summed E-state index contributed by atoms with van der Waals surface area (Å²) in [7, 11) is 0. The smallest absolute Gasteiger partial charge is 0.339 e. The number of rotatable bonds is 5. The minimum absolute atomic E-state index is 0.122. The van der Waals surface area contributed by atoms with Crippen LogP contribution in [0.4, 0.5) is 5.82 Å². The SMILES string of the molecule is Cc1cc(NC(=O)CCc2c(C)c3cc4c(C)coc4cc3oc2=O)n(-c2ccccn2)n1. The number of fused-ring (bicyclic) bond motifs is 2. The van der Waals surface area contributed by atoms with Gasteiger partial charge >= 0.3 is 5.63 Å². The molecule has 1 amide bonds. The van der Waals surface area contributed by atoms with Crippen LogP contribution in [0.5, 0.6) is 0 Å². The molecular weight excluding hydrogens is 420 g/mol. The summed E-state index contributed by atoms with van der Waals surface area (Å²) in [5, 5.41) is 9.10. The van der Waals surface area contributed by atoms with E-state index in [-0.39, 0.29) is 18.7 Å². The van der Waals surface area contributed by atoms with Gasteiger partial charge in [0.2, 0.25) is 5.91 Å². The summed E-state index contributed by atoms with van der Waals surface area (Å²) >= 11 is 0. The third-order valence-corrected chi connectivity index (χ3v) is 5.74.